The van der Waals surface area contributed by atoms with Crippen LogP contribution >= 0.6 is 11.3 Å². The highest BCUT2D eigenvalue weighted by Gasteiger charge is 2.14. The van der Waals surface area contributed by atoms with Crippen LogP contribution in [0.2, 0.25) is 0 Å². The molecule has 1 N–H and O–H groups in total. The molecule has 7 nitrogen and oxygen atoms in total. The van der Waals surface area contributed by atoms with Crippen molar-refractivity contribution in [3.63, 3.8) is 0 Å². The van der Waals surface area contributed by atoms with Crippen LogP contribution in [0.4, 0.5) is 10.8 Å². The van der Waals surface area contributed by atoms with Crippen molar-refractivity contribution in [2.75, 3.05) is 12.4 Å². The van der Waals surface area contributed by atoms with Crippen molar-refractivity contribution in [3.8, 4) is 0 Å². The first-order valence-electron chi connectivity index (χ1n) is 8.33. The Morgan fingerprint density at radius 1 is 1.35 bits per heavy atom. The van der Waals surface area contributed by atoms with Crippen LogP contribution in [-0.2, 0) is 22.4 Å². The van der Waals surface area contributed by atoms with Gasteiger partial charge in [0.2, 0.25) is 10.1 Å². The number of anilines is 2. The number of nitrogens with one attached hydrogen (secondary N) is 1. The molecule has 3 rings (SSSR count). The van der Waals surface area contributed by atoms with Crippen LogP contribution < -0.4 is 10.9 Å². The molecule has 0 bridgehead atoms. The first-order valence-corrected chi connectivity index (χ1v) is 9.15. The zero-order valence-corrected chi connectivity index (χ0v) is 15.7. The summed E-state index contributed by atoms with van der Waals surface area (Å²) in [5.74, 6) is -0.403. The molecular formula is C18H20N4O3S. The van der Waals surface area contributed by atoms with Gasteiger partial charge >= 0.3 is 5.97 Å². The van der Waals surface area contributed by atoms with E-state index < -0.39 is 0 Å². The maximum atomic E-state index is 12.1. The van der Waals surface area contributed by atoms with E-state index >= 15 is 0 Å². The van der Waals surface area contributed by atoms with Crippen LogP contribution in [0.3, 0.4) is 0 Å². The van der Waals surface area contributed by atoms with Crippen molar-refractivity contribution >= 4 is 33.1 Å². The number of carbonyl (C=O) groups is 1. The van der Waals surface area contributed by atoms with Crippen molar-refractivity contribution < 1.29 is 9.53 Å². The maximum absolute atomic E-state index is 12.1. The summed E-state index contributed by atoms with van der Waals surface area (Å²) in [6.45, 7) is 3.80. The lowest BCUT2D eigenvalue weighted by Crippen LogP contribution is -2.15. The molecule has 1 unspecified atom stereocenters. The number of nitrogens with zero attached hydrogens (tertiary/aromatic N) is 3. The Bertz CT molecular complexity index is 978. The molecule has 1 aromatic carbocycles. The molecule has 1 atom stereocenters. The third-order valence-corrected chi connectivity index (χ3v) is 4.83. The van der Waals surface area contributed by atoms with Gasteiger partial charge in [0.15, 0.2) is 0 Å². The quantitative estimate of drug-likeness (QED) is 0.670. The van der Waals surface area contributed by atoms with Gasteiger partial charge in [-0.2, -0.15) is 4.52 Å². The van der Waals surface area contributed by atoms with Gasteiger partial charge in [-0.15, -0.1) is 5.10 Å². The molecule has 0 saturated carbocycles. The van der Waals surface area contributed by atoms with E-state index in [-0.39, 0.29) is 17.4 Å². The number of rotatable bonds is 6. The molecule has 0 amide bonds. The van der Waals surface area contributed by atoms with Crippen molar-refractivity contribution in [2.24, 2.45) is 5.92 Å². The zero-order valence-electron chi connectivity index (χ0n) is 14.9. The van der Waals surface area contributed by atoms with Gasteiger partial charge in [-0.25, -0.2) is 4.98 Å². The first kappa shape index (κ1) is 18.1. The lowest BCUT2D eigenvalue weighted by Gasteiger charge is -2.09. The molecule has 8 heteroatoms. The van der Waals surface area contributed by atoms with Crippen molar-refractivity contribution in [2.45, 2.75) is 26.7 Å². The lowest BCUT2D eigenvalue weighted by atomic mass is 10.0. The average molecular weight is 372 g/mol. The summed E-state index contributed by atoms with van der Waals surface area (Å²) in [4.78, 5) is 28.6. The van der Waals surface area contributed by atoms with Crippen LogP contribution in [0.25, 0.3) is 4.96 Å². The number of hydrogen-bond acceptors (Lipinski definition) is 7. The molecular weight excluding hydrogens is 352 g/mol. The molecule has 0 spiro atoms. The minimum absolute atomic E-state index is 0.178. The van der Waals surface area contributed by atoms with E-state index in [9.17, 15) is 9.59 Å². The summed E-state index contributed by atoms with van der Waals surface area (Å²) < 4.78 is 6.05. The molecule has 136 valence electrons. The van der Waals surface area contributed by atoms with E-state index in [1.54, 1.807) is 0 Å². The van der Waals surface area contributed by atoms with Crippen molar-refractivity contribution in [1.29, 1.82) is 0 Å². The SMILES string of the molecule is CCc1cc(=O)n2nc(Nc3ccc(CC(C)C(=O)OC)cc3)sc2n1. The average Bonchev–Trinajstić information content (AvgIpc) is 3.05. The van der Waals surface area contributed by atoms with E-state index in [0.29, 0.717) is 22.9 Å². The number of benzene rings is 1. The highest BCUT2D eigenvalue weighted by atomic mass is 32.1. The van der Waals surface area contributed by atoms with Gasteiger partial charge in [0.05, 0.1) is 13.0 Å². The number of ether oxygens (including phenoxy) is 1. The van der Waals surface area contributed by atoms with Crippen molar-refractivity contribution in [3.05, 3.63) is 51.9 Å². The Hall–Kier alpha value is -2.74. The molecule has 0 aliphatic rings. The minimum atomic E-state index is -0.217. The van der Waals surface area contributed by atoms with E-state index in [0.717, 1.165) is 16.9 Å². The smallest absolute Gasteiger partial charge is 0.308 e. The number of methoxy groups -OCH3 is 1. The number of hydrogen-bond donors (Lipinski definition) is 1. The Morgan fingerprint density at radius 2 is 2.08 bits per heavy atom. The first-order chi connectivity index (χ1) is 12.5. The molecule has 2 aromatic heterocycles. The Morgan fingerprint density at radius 3 is 2.73 bits per heavy atom. The molecule has 3 aromatic rings. The fraction of sp³-hybridized carbons (Fsp3) is 0.333. The Kier molecular flexibility index (Phi) is 5.32. The maximum Gasteiger partial charge on any atom is 0.308 e. The number of esters is 1. The van der Waals surface area contributed by atoms with Gasteiger partial charge in [-0.3, -0.25) is 9.59 Å². The number of carbonyl (C=O) groups excluding carboxylic acids is 1. The predicted molar refractivity (Wildman–Crippen MR) is 101 cm³/mol. The number of aromatic nitrogens is 3. The highest BCUT2D eigenvalue weighted by molar-refractivity contribution is 7.20. The predicted octanol–water partition coefficient (Wildman–Crippen LogP) is 2.81. The summed E-state index contributed by atoms with van der Waals surface area (Å²) in [5.41, 5.74) is 2.48. The highest BCUT2D eigenvalue weighted by Crippen LogP contribution is 2.22. The standard InChI is InChI=1S/C18H20N4O3S/c1-4-13-10-15(23)22-18(20-13)26-17(21-22)19-14-7-5-12(6-8-14)9-11(2)16(24)25-3/h5-8,10-11H,4,9H2,1-3H3,(H,19,21). The second kappa shape index (κ2) is 7.65. The van der Waals surface area contributed by atoms with Crippen LogP contribution in [0, 0.1) is 5.92 Å². The van der Waals surface area contributed by atoms with Gasteiger partial charge in [0.25, 0.3) is 5.56 Å². The largest absolute Gasteiger partial charge is 0.469 e. The van der Waals surface area contributed by atoms with Crippen molar-refractivity contribution in [1.82, 2.24) is 14.6 Å². The summed E-state index contributed by atoms with van der Waals surface area (Å²) in [7, 11) is 1.40. The minimum Gasteiger partial charge on any atom is -0.469 e. The second-order valence-electron chi connectivity index (χ2n) is 5.99. The summed E-state index contributed by atoms with van der Waals surface area (Å²) in [5, 5.41) is 8.06. The molecule has 2 heterocycles. The summed E-state index contributed by atoms with van der Waals surface area (Å²) in [6, 6.07) is 9.25. The van der Waals surface area contributed by atoms with Gasteiger partial charge in [0, 0.05) is 17.4 Å². The van der Waals surface area contributed by atoms with Gasteiger partial charge in [-0.05, 0) is 30.5 Å². The van der Waals surface area contributed by atoms with E-state index in [1.165, 1.54) is 29.0 Å². The molecule has 0 aliphatic heterocycles. The van der Waals surface area contributed by atoms with Crippen LogP contribution in [-0.4, -0.2) is 27.7 Å². The molecule has 0 fully saturated rings. The number of fused-ring (bicyclic) bond motifs is 1. The fourth-order valence-corrected chi connectivity index (χ4v) is 3.42. The molecule has 26 heavy (non-hydrogen) atoms. The topological polar surface area (TPSA) is 85.6 Å². The van der Waals surface area contributed by atoms with Gasteiger partial charge in [-0.1, -0.05) is 37.3 Å². The zero-order chi connectivity index (χ0) is 18.7. The molecule has 0 saturated heterocycles. The van der Waals surface area contributed by atoms with Crippen LogP contribution in [0.1, 0.15) is 25.1 Å². The van der Waals surface area contributed by atoms with E-state index in [2.05, 4.69) is 15.4 Å². The molecule has 0 aliphatic carbocycles. The van der Waals surface area contributed by atoms with E-state index in [4.69, 9.17) is 4.74 Å². The third kappa shape index (κ3) is 3.91. The van der Waals surface area contributed by atoms with Crippen LogP contribution in [0.5, 0.6) is 0 Å². The Balaban J connectivity index is 1.75. The lowest BCUT2D eigenvalue weighted by molar-refractivity contribution is -0.144. The summed E-state index contributed by atoms with van der Waals surface area (Å²) in [6.07, 6.45) is 1.32. The normalized spacial score (nSPS) is 12.1. The molecule has 0 radical (unpaired) electrons. The van der Waals surface area contributed by atoms with Gasteiger partial charge in [0.1, 0.15) is 0 Å². The third-order valence-electron chi connectivity index (χ3n) is 4.01. The second-order valence-corrected chi connectivity index (χ2v) is 6.95. The summed E-state index contributed by atoms with van der Waals surface area (Å²) >= 11 is 1.33. The van der Waals surface area contributed by atoms with E-state index in [1.807, 2.05) is 38.1 Å². The van der Waals surface area contributed by atoms with Crippen LogP contribution in [0.15, 0.2) is 35.1 Å². The van der Waals surface area contributed by atoms with Gasteiger partial charge < -0.3 is 10.1 Å². The number of aryl methyl sites for hydroxylation is 1. The monoisotopic (exact) mass is 372 g/mol. The fourth-order valence-electron chi connectivity index (χ4n) is 2.57. The Labute approximate surface area is 154 Å².